The highest BCUT2D eigenvalue weighted by Gasteiger charge is 2.07. The van der Waals surface area contributed by atoms with E-state index >= 15 is 0 Å². The van der Waals surface area contributed by atoms with Crippen LogP contribution in [0.5, 0.6) is 5.75 Å². The zero-order valence-corrected chi connectivity index (χ0v) is 11.4. The van der Waals surface area contributed by atoms with Crippen molar-refractivity contribution < 1.29 is 9.53 Å². The number of rotatable bonds is 2. The number of amides is 1. The van der Waals surface area contributed by atoms with Crippen molar-refractivity contribution in [2.45, 2.75) is 6.92 Å². The second-order valence-corrected chi connectivity index (χ2v) is 4.55. The van der Waals surface area contributed by atoms with Crippen LogP contribution >= 0.6 is 11.6 Å². The highest BCUT2D eigenvalue weighted by molar-refractivity contribution is 6.30. The zero-order chi connectivity index (χ0) is 14.5. The second-order valence-electron chi connectivity index (χ2n) is 4.11. The fourth-order valence-corrected chi connectivity index (χ4v) is 1.83. The molecule has 0 aliphatic rings. The van der Waals surface area contributed by atoms with E-state index in [2.05, 4.69) is 5.32 Å². The van der Waals surface area contributed by atoms with Crippen molar-refractivity contribution in [2.24, 2.45) is 0 Å². The highest BCUT2D eigenvalue weighted by atomic mass is 35.5. The largest absolute Gasteiger partial charge is 0.417 e. The Kier molecular flexibility index (Phi) is 4.24. The number of hydrogen-bond acceptors (Lipinski definition) is 3. The molecule has 5 heteroatoms. The predicted molar refractivity (Wildman–Crippen MR) is 77.0 cm³/mol. The molecular weight excluding hydrogens is 276 g/mol. The van der Waals surface area contributed by atoms with Gasteiger partial charge >= 0.3 is 6.09 Å². The van der Waals surface area contributed by atoms with Crippen molar-refractivity contribution in [2.75, 3.05) is 5.32 Å². The van der Waals surface area contributed by atoms with Crippen molar-refractivity contribution in [3.05, 3.63) is 58.6 Å². The summed E-state index contributed by atoms with van der Waals surface area (Å²) >= 11 is 5.84. The first-order valence-corrected chi connectivity index (χ1v) is 6.21. The number of hydrogen-bond donors (Lipinski definition) is 1. The van der Waals surface area contributed by atoms with Gasteiger partial charge in [-0.3, -0.25) is 5.32 Å². The number of aryl methyl sites for hydroxylation is 1. The average Bonchev–Trinajstić information content (AvgIpc) is 2.43. The van der Waals surface area contributed by atoms with E-state index in [0.29, 0.717) is 22.0 Å². The van der Waals surface area contributed by atoms with Gasteiger partial charge < -0.3 is 4.74 Å². The minimum atomic E-state index is -0.597. The molecule has 0 atom stereocenters. The Bertz CT molecular complexity index is 675. The van der Waals surface area contributed by atoms with Crippen LogP contribution in [-0.2, 0) is 0 Å². The van der Waals surface area contributed by atoms with Crippen molar-refractivity contribution in [1.29, 1.82) is 5.26 Å². The molecule has 0 fully saturated rings. The summed E-state index contributed by atoms with van der Waals surface area (Å²) in [7, 11) is 0. The van der Waals surface area contributed by atoms with E-state index in [4.69, 9.17) is 21.6 Å². The van der Waals surface area contributed by atoms with Crippen molar-refractivity contribution in [3.8, 4) is 11.8 Å². The maximum absolute atomic E-state index is 11.7. The molecule has 2 rings (SSSR count). The summed E-state index contributed by atoms with van der Waals surface area (Å²) < 4.78 is 5.11. The number of halogens is 1. The quantitative estimate of drug-likeness (QED) is 0.903. The minimum absolute atomic E-state index is 0.369. The molecule has 0 aliphatic heterocycles. The highest BCUT2D eigenvalue weighted by Crippen LogP contribution is 2.20. The van der Waals surface area contributed by atoms with Gasteiger partial charge in [0.15, 0.2) is 0 Å². The van der Waals surface area contributed by atoms with E-state index in [1.807, 2.05) is 13.0 Å². The third kappa shape index (κ3) is 3.50. The second kappa shape index (κ2) is 6.09. The van der Waals surface area contributed by atoms with E-state index in [0.717, 1.165) is 5.56 Å². The molecule has 100 valence electrons. The molecule has 4 nitrogen and oxygen atoms in total. The molecule has 0 heterocycles. The topological polar surface area (TPSA) is 62.1 Å². The van der Waals surface area contributed by atoms with E-state index in [-0.39, 0.29) is 0 Å². The summed E-state index contributed by atoms with van der Waals surface area (Å²) in [5.74, 6) is 0.369. The van der Waals surface area contributed by atoms with Gasteiger partial charge in [0.25, 0.3) is 0 Å². The minimum Gasteiger partial charge on any atom is -0.410 e. The number of nitriles is 1. The van der Waals surface area contributed by atoms with E-state index in [1.54, 1.807) is 42.5 Å². The van der Waals surface area contributed by atoms with Gasteiger partial charge in [0.05, 0.1) is 11.6 Å². The Morgan fingerprint density at radius 2 is 1.95 bits per heavy atom. The SMILES string of the molecule is Cc1cc(Cl)ccc1NC(=O)Oc1ccc(C#N)cc1. The molecule has 0 aliphatic carbocycles. The number of carbonyl (C=O) groups excluding carboxylic acids is 1. The molecule has 2 aromatic rings. The normalized spacial score (nSPS) is 9.65. The van der Waals surface area contributed by atoms with E-state index in [9.17, 15) is 4.79 Å². The fourth-order valence-electron chi connectivity index (χ4n) is 1.61. The van der Waals surface area contributed by atoms with E-state index in [1.165, 1.54) is 0 Å². The van der Waals surface area contributed by atoms with E-state index < -0.39 is 6.09 Å². The summed E-state index contributed by atoms with van der Waals surface area (Å²) in [5, 5.41) is 11.9. The Labute approximate surface area is 121 Å². The van der Waals surface area contributed by atoms with Crippen LogP contribution in [0.4, 0.5) is 10.5 Å². The summed E-state index contributed by atoms with van der Waals surface area (Å²) in [4.78, 5) is 11.7. The van der Waals surface area contributed by atoms with Gasteiger partial charge in [-0.2, -0.15) is 5.26 Å². The molecule has 2 aromatic carbocycles. The number of anilines is 1. The van der Waals surface area contributed by atoms with Gasteiger partial charge in [0.2, 0.25) is 0 Å². The van der Waals surface area contributed by atoms with Crippen LogP contribution in [0.25, 0.3) is 0 Å². The van der Waals surface area contributed by atoms with Gasteiger partial charge in [-0.15, -0.1) is 0 Å². The third-order valence-electron chi connectivity index (χ3n) is 2.62. The first-order chi connectivity index (χ1) is 9.58. The molecular formula is C15H11ClN2O2. The van der Waals surface area contributed by atoms with Crippen LogP contribution in [-0.4, -0.2) is 6.09 Å². The smallest absolute Gasteiger partial charge is 0.410 e. The molecule has 0 bridgehead atoms. The zero-order valence-electron chi connectivity index (χ0n) is 10.7. The van der Waals surface area contributed by atoms with Crippen LogP contribution in [0.2, 0.25) is 5.02 Å². The van der Waals surface area contributed by atoms with Gasteiger partial charge in [-0.1, -0.05) is 11.6 Å². The third-order valence-corrected chi connectivity index (χ3v) is 2.85. The molecule has 0 saturated heterocycles. The average molecular weight is 287 g/mol. The molecule has 0 unspecified atom stereocenters. The molecule has 20 heavy (non-hydrogen) atoms. The van der Waals surface area contributed by atoms with Crippen LogP contribution < -0.4 is 10.1 Å². The summed E-state index contributed by atoms with van der Waals surface area (Å²) in [6.45, 7) is 1.84. The Hall–Kier alpha value is -2.51. The van der Waals surface area contributed by atoms with Crippen LogP contribution in [0.1, 0.15) is 11.1 Å². The standard InChI is InChI=1S/C15H11ClN2O2/c1-10-8-12(16)4-7-14(10)18-15(19)20-13-5-2-11(9-17)3-6-13/h2-8H,1H3,(H,18,19). The van der Waals surface area contributed by atoms with Gasteiger partial charge in [0, 0.05) is 10.7 Å². The van der Waals surface area contributed by atoms with Crippen molar-refractivity contribution >= 4 is 23.4 Å². The molecule has 0 saturated carbocycles. The first kappa shape index (κ1) is 13.9. The number of nitrogens with zero attached hydrogens (tertiary/aromatic N) is 1. The van der Waals surface area contributed by atoms with Crippen LogP contribution in [0, 0.1) is 18.3 Å². The van der Waals surface area contributed by atoms with Crippen LogP contribution in [0.3, 0.4) is 0 Å². The maximum atomic E-state index is 11.7. The molecule has 1 amide bonds. The van der Waals surface area contributed by atoms with Gasteiger partial charge in [-0.25, -0.2) is 4.79 Å². The molecule has 0 aromatic heterocycles. The number of benzene rings is 2. The van der Waals surface area contributed by atoms with Gasteiger partial charge in [0.1, 0.15) is 5.75 Å². The predicted octanol–water partition coefficient (Wildman–Crippen LogP) is 4.13. The molecule has 1 N–H and O–H groups in total. The summed E-state index contributed by atoms with van der Waals surface area (Å²) in [6.07, 6.45) is -0.597. The Morgan fingerprint density at radius 3 is 2.55 bits per heavy atom. The lowest BCUT2D eigenvalue weighted by molar-refractivity contribution is 0.215. The molecule has 0 radical (unpaired) electrons. The number of carbonyl (C=O) groups is 1. The number of ether oxygens (including phenoxy) is 1. The lowest BCUT2D eigenvalue weighted by atomic mass is 10.2. The van der Waals surface area contributed by atoms with Gasteiger partial charge in [-0.05, 0) is 55.0 Å². The monoisotopic (exact) mass is 286 g/mol. The lowest BCUT2D eigenvalue weighted by Gasteiger charge is -2.09. The van der Waals surface area contributed by atoms with Crippen LogP contribution in [0.15, 0.2) is 42.5 Å². The Balaban J connectivity index is 2.03. The lowest BCUT2D eigenvalue weighted by Crippen LogP contribution is -2.17. The number of nitrogens with one attached hydrogen (secondary N) is 1. The van der Waals surface area contributed by atoms with Crippen molar-refractivity contribution in [1.82, 2.24) is 0 Å². The summed E-state index contributed by atoms with van der Waals surface area (Å²) in [5.41, 5.74) is 1.98. The molecule has 0 spiro atoms. The first-order valence-electron chi connectivity index (χ1n) is 5.83. The Morgan fingerprint density at radius 1 is 1.25 bits per heavy atom. The summed E-state index contributed by atoms with van der Waals surface area (Å²) in [6, 6.07) is 13.4. The maximum Gasteiger partial charge on any atom is 0.417 e. The van der Waals surface area contributed by atoms with Crippen molar-refractivity contribution in [3.63, 3.8) is 0 Å². The fraction of sp³-hybridized carbons (Fsp3) is 0.0667.